The Labute approximate surface area is 147 Å². The van der Waals surface area contributed by atoms with Gasteiger partial charge in [0.1, 0.15) is 0 Å². The number of hydrogen-bond donors (Lipinski definition) is 0. The van der Waals surface area contributed by atoms with E-state index >= 15 is 0 Å². The van der Waals surface area contributed by atoms with E-state index in [1.54, 1.807) is 0 Å². The predicted octanol–water partition coefficient (Wildman–Crippen LogP) is 0.649. The Kier molecular flexibility index (Phi) is 6.16. The fourth-order valence-corrected chi connectivity index (χ4v) is 6.37. The van der Waals surface area contributed by atoms with Gasteiger partial charge in [-0.3, -0.25) is 0 Å². The molecule has 15 heteroatoms. The maximum Gasteiger partial charge on any atom is 0.460 e. The minimum absolute atomic E-state index is 0.301. The number of alkyl halides is 9. The molecule has 0 atom stereocenters. The molecule has 0 aliphatic heterocycles. The second-order valence-corrected chi connectivity index (χ2v) is 10.1. The van der Waals surface area contributed by atoms with Crippen molar-refractivity contribution in [2.45, 2.75) is 23.3 Å². The quantitative estimate of drug-likeness (QED) is 0.402. The number of benzene rings is 1. The lowest BCUT2D eigenvalue weighted by Crippen LogP contribution is -3.84. The van der Waals surface area contributed by atoms with Crippen LogP contribution in [0.1, 0.15) is 0 Å². The normalized spacial score (nSPS) is 14.3. The molecular weight excluding hydrogens is 524 g/mol. The van der Waals surface area contributed by atoms with E-state index in [2.05, 4.69) is 2.51 Å². The third-order valence-corrected chi connectivity index (χ3v) is 8.55. The van der Waals surface area contributed by atoms with Crippen molar-refractivity contribution < 1.29 is 70.7 Å². The molecule has 147 valence electrons. The molecule has 26 heavy (non-hydrogen) atoms. The van der Waals surface area contributed by atoms with Crippen LogP contribution >= 0.6 is 0 Å². The second-order valence-electron chi connectivity index (χ2n) is 4.31. The highest BCUT2D eigenvalue weighted by atomic mass is 127. The Morgan fingerprint density at radius 2 is 1.35 bits per heavy atom. The van der Waals surface area contributed by atoms with E-state index in [1.807, 2.05) is 0 Å². The fraction of sp³-hybridized carbons (Fsp3) is 0.364. The van der Waals surface area contributed by atoms with Crippen molar-refractivity contribution in [3.8, 4) is 4.08 Å². The monoisotopic (exact) mass is 529 g/mol. The Balaban J connectivity index is 3.35. The summed E-state index contributed by atoms with van der Waals surface area (Å²) < 4.78 is 142. The molecule has 0 aliphatic rings. The van der Waals surface area contributed by atoms with Gasteiger partial charge >= 0.3 is 57.7 Å². The van der Waals surface area contributed by atoms with Gasteiger partial charge in [0, 0.05) is 0 Å². The summed E-state index contributed by atoms with van der Waals surface area (Å²) in [6.45, 7) is 0. The van der Waals surface area contributed by atoms with E-state index in [-0.39, 0.29) is 3.57 Å². The first-order chi connectivity index (χ1) is 11.5. The van der Waals surface area contributed by atoms with Crippen LogP contribution in [0.15, 0.2) is 30.3 Å². The molecule has 0 bridgehead atoms. The van der Waals surface area contributed by atoms with Crippen LogP contribution in [0.5, 0.6) is 0 Å². The molecule has 0 fully saturated rings. The summed E-state index contributed by atoms with van der Waals surface area (Å²) in [7, 11) is -7.04. The average Bonchev–Trinajstić information content (AvgIpc) is 2.51. The van der Waals surface area contributed by atoms with E-state index in [0.717, 1.165) is 16.2 Å². The lowest BCUT2D eigenvalue weighted by molar-refractivity contribution is -0.990. The van der Waals surface area contributed by atoms with Crippen molar-refractivity contribution in [3.63, 3.8) is 0 Å². The van der Waals surface area contributed by atoms with Gasteiger partial charge in [0.05, 0.1) is 0 Å². The maximum atomic E-state index is 13.5. The van der Waals surface area contributed by atoms with E-state index in [1.165, 1.54) is 18.2 Å². The Bertz CT molecular complexity index is 789. The third kappa shape index (κ3) is 3.71. The van der Waals surface area contributed by atoms with Crippen molar-refractivity contribution in [1.29, 1.82) is 5.26 Å². The molecule has 1 aromatic carbocycles. The highest BCUT2D eigenvalue weighted by molar-refractivity contribution is 7.87. The molecule has 0 unspecified atom stereocenters. The Morgan fingerprint density at radius 3 is 1.73 bits per heavy atom. The zero-order valence-corrected chi connectivity index (χ0v) is 14.7. The molecule has 0 heterocycles. The van der Waals surface area contributed by atoms with Gasteiger partial charge in [0.2, 0.25) is 0 Å². The predicted molar refractivity (Wildman–Crippen MR) is 61.7 cm³/mol. The molecular formula is C11H5F9INO3S+. The molecule has 1 radical (unpaired) electrons. The van der Waals surface area contributed by atoms with Crippen LogP contribution in [0.3, 0.4) is 0 Å². The molecule has 0 amide bonds. The molecule has 0 aromatic heterocycles. The van der Waals surface area contributed by atoms with Crippen molar-refractivity contribution >= 4 is 10.1 Å². The standard InChI is InChI=1S/C11H5F9INO3S/c12-8(13,10(16,17)18)9(14,15)11(19,20)26(23,24)25-21(6-22)7-4-2-1-3-5-7/h1-5H/q+1. The SMILES string of the molecule is N#C[I+](OS(=O)(=O)C(F)(F)C(F)(F)C(F)(F)C(F)(F)F)c1ccccc1. The zero-order valence-electron chi connectivity index (χ0n) is 11.7. The van der Waals surface area contributed by atoms with Gasteiger partial charge in [-0.25, -0.2) is 0 Å². The first-order valence-corrected chi connectivity index (χ1v) is 10.3. The molecule has 0 aliphatic carbocycles. The topological polar surface area (TPSA) is 67.2 Å². The van der Waals surface area contributed by atoms with Crippen molar-refractivity contribution in [2.24, 2.45) is 0 Å². The van der Waals surface area contributed by atoms with Crippen LogP contribution in [-0.2, 0) is 12.6 Å². The summed E-state index contributed by atoms with van der Waals surface area (Å²) in [6.07, 6.45) is -7.18. The van der Waals surface area contributed by atoms with Gasteiger partial charge in [0.25, 0.3) is 0 Å². The van der Waals surface area contributed by atoms with Gasteiger partial charge in [-0.05, 0) is 14.6 Å². The van der Waals surface area contributed by atoms with Gasteiger partial charge < -0.3 is 0 Å². The molecule has 0 spiro atoms. The lowest BCUT2D eigenvalue weighted by atomic mass is 10.1. The first kappa shape index (κ1) is 22.8. The van der Waals surface area contributed by atoms with Crippen LogP contribution in [0.25, 0.3) is 0 Å². The van der Waals surface area contributed by atoms with Crippen molar-refractivity contribution in [2.75, 3.05) is 0 Å². The van der Waals surface area contributed by atoms with Gasteiger partial charge in [-0.2, -0.15) is 47.9 Å². The largest absolute Gasteiger partial charge is 0.460 e. The van der Waals surface area contributed by atoms with Crippen molar-refractivity contribution in [1.82, 2.24) is 0 Å². The summed E-state index contributed by atoms with van der Waals surface area (Å²) in [5.41, 5.74) is 0. The van der Waals surface area contributed by atoms with Crippen LogP contribution in [0.4, 0.5) is 39.5 Å². The third-order valence-electron chi connectivity index (χ3n) is 2.58. The fourth-order valence-electron chi connectivity index (χ4n) is 1.27. The van der Waals surface area contributed by atoms with Crippen LogP contribution in [-0.4, -0.2) is 31.7 Å². The minimum Gasteiger partial charge on any atom is -0.191 e. The van der Waals surface area contributed by atoms with Gasteiger partial charge in [0.15, 0.2) is 3.57 Å². The Morgan fingerprint density at radius 1 is 0.885 bits per heavy atom. The van der Waals surface area contributed by atoms with E-state index in [0.29, 0.717) is 0 Å². The minimum atomic E-state index is -7.40. The Hall–Kier alpha value is -1.28. The molecule has 1 rings (SSSR count). The van der Waals surface area contributed by atoms with Gasteiger partial charge in [-0.15, -0.1) is 5.26 Å². The summed E-state index contributed by atoms with van der Waals surface area (Å²) >= 11 is -4.29. The smallest absolute Gasteiger partial charge is 0.191 e. The van der Waals surface area contributed by atoms with E-state index < -0.39 is 53.6 Å². The second kappa shape index (κ2) is 7.03. The number of nitriles is 1. The highest BCUT2D eigenvalue weighted by Gasteiger charge is 2.86. The number of nitrogens with zero attached hydrogens (tertiary/aromatic N) is 1. The first-order valence-electron chi connectivity index (χ1n) is 5.82. The molecule has 0 N–H and O–H groups in total. The van der Waals surface area contributed by atoms with E-state index in [4.69, 9.17) is 5.26 Å². The lowest BCUT2D eigenvalue weighted by Gasteiger charge is -2.31. The van der Waals surface area contributed by atoms with Crippen molar-refractivity contribution in [3.05, 3.63) is 33.9 Å². The average molecular weight is 529 g/mol. The molecule has 4 nitrogen and oxygen atoms in total. The van der Waals surface area contributed by atoms with E-state index in [9.17, 15) is 47.9 Å². The molecule has 0 saturated heterocycles. The number of hydrogen-bond acceptors (Lipinski definition) is 4. The molecule has 0 saturated carbocycles. The summed E-state index contributed by atoms with van der Waals surface area (Å²) in [5.74, 6) is -14.8. The number of rotatable bonds is 6. The van der Waals surface area contributed by atoms with Crippen LogP contribution in [0.2, 0.25) is 0 Å². The summed E-state index contributed by atoms with van der Waals surface area (Å²) in [6, 6.07) is 5.74. The number of halogens is 10. The van der Waals surface area contributed by atoms with Gasteiger partial charge in [-0.1, -0.05) is 18.2 Å². The maximum absolute atomic E-state index is 13.5. The highest BCUT2D eigenvalue weighted by Crippen LogP contribution is 2.54. The van der Waals surface area contributed by atoms with Crippen LogP contribution in [0, 0.1) is 12.9 Å². The summed E-state index contributed by atoms with van der Waals surface area (Å²) in [5, 5.41) is 1.80. The molecule has 1 aromatic rings. The van der Waals surface area contributed by atoms with Crippen LogP contribution < -0.4 is 20.2 Å². The summed E-state index contributed by atoms with van der Waals surface area (Å²) in [4.78, 5) is 0. The zero-order chi connectivity index (χ0) is 20.6.